The third-order valence-electron chi connectivity index (χ3n) is 1.56. The van der Waals surface area contributed by atoms with Gasteiger partial charge in [-0.05, 0) is 26.8 Å². The number of Topliss-reactive ketones (excluding diaryl/α,β-unsaturated/α-hetero) is 1. The zero-order chi connectivity index (χ0) is 8.91. The second-order valence-corrected chi connectivity index (χ2v) is 2.82. The number of carbonyl (C=O) groups is 1. The number of rotatable bonds is 4. The maximum absolute atomic E-state index is 10.9. The smallest absolute Gasteiger partial charge is 0.153 e. The fraction of sp³-hybridized carbons (Fsp3) is 0.625. The van der Waals surface area contributed by atoms with Gasteiger partial charge in [0.15, 0.2) is 5.78 Å². The number of carbonyl (C=O) groups excluding carboxylic acids is 1. The molecule has 0 aromatic rings. The van der Waals surface area contributed by atoms with Gasteiger partial charge in [0.1, 0.15) is 0 Å². The molecule has 0 aliphatic carbocycles. The Bertz CT molecular complexity index is 166. The normalized spacial score (nSPS) is 15.3. The number of nitrogens with two attached hydrogens (primary N) is 2. The maximum atomic E-state index is 10.9. The average molecular weight is 193 g/mol. The summed E-state index contributed by atoms with van der Waals surface area (Å²) in [6, 6.07) is 0. The fourth-order valence-electron chi connectivity index (χ4n) is 0.542. The van der Waals surface area contributed by atoms with Crippen LogP contribution >= 0.6 is 12.4 Å². The van der Waals surface area contributed by atoms with Crippen molar-refractivity contribution in [3.05, 3.63) is 12.2 Å². The number of halogens is 1. The summed E-state index contributed by atoms with van der Waals surface area (Å²) in [4.78, 5) is 10.9. The van der Waals surface area contributed by atoms with E-state index in [0.717, 1.165) is 6.42 Å². The molecule has 0 spiro atoms. The van der Waals surface area contributed by atoms with Gasteiger partial charge in [0.25, 0.3) is 0 Å². The van der Waals surface area contributed by atoms with Crippen LogP contribution < -0.4 is 11.5 Å². The van der Waals surface area contributed by atoms with Crippen LogP contribution in [0.15, 0.2) is 12.2 Å². The van der Waals surface area contributed by atoms with Crippen molar-refractivity contribution in [2.75, 3.05) is 6.54 Å². The van der Waals surface area contributed by atoms with Gasteiger partial charge in [-0.15, -0.1) is 12.4 Å². The summed E-state index contributed by atoms with van der Waals surface area (Å²) < 4.78 is 0. The van der Waals surface area contributed by atoms with Crippen molar-refractivity contribution < 1.29 is 4.79 Å². The molecule has 0 amide bonds. The molecular weight excluding hydrogens is 176 g/mol. The molecule has 3 nitrogen and oxygen atoms in total. The van der Waals surface area contributed by atoms with E-state index in [4.69, 9.17) is 11.5 Å². The predicted octanol–water partition coefficient (Wildman–Crippen LogP) is 0.620. The summed E-state index contributed by atoms with van der Waals surface area (Å²) in [5, 5.41) is 0. The molecule has 0 bridgehead atoms. The van der Waals surface area contributed by atoms with Gasteiger partial charge in [-0.1, -0.05) is 12.2 Å². The summed E-state index contributed by atoms with van der Waals surface area (Å²) >= 11 is 0. The lowest BCUT2D eigenvalue weighted by molar-refractivity contribution is -0.120. The highest BCUT2D eigenvalue weighted by Gasteiger charge is 2.19. The third kappa shape index (κ3) is 5.29. The lowest BCUT2D eigenvalue weighted by Gasteiger charge is -2.15. The highest BCUT2D eigenvalue weighted by atomic mass is 35.5. The second kappa shape index (κ2) is 6.17. The largest absolute Gasteiger partial charge is 0.330 e. The van der Waals surface area contributed by atoms with Gasteiger partial charge in [0, 0.05) is 0 Å². The molecule has 0 aromatic heterocycles. The highest BCUT2D eigenvalue weighted by Crippen LogP contribution is 2.02. The molecule has 0 heterocycles. The van der Waals surface area contributed by atoms with E-state index >= 15 is 0 Å². The Morgan fingerprint density at radius 2 is 2.08 bits per heavy atom. The molecule has 1 unspecified atom stereocenters. The van der Waals surface area contributed by atoms with Crippen molar-refractivity contribution in [3.8, 4) is 0 Å². The maximum Gasteiger partial charge on any atom is 0.153 e. The van der Waals surface area contributed by atoms with Crippen LogP contribution in [-0.4, -0.2) is 17.9 Å². The quantitative estimate of drug-likeness (QED) is 0.642. The number of ketones is 1. The number of hydrogen-bond acceptors (Lipinski definition) is 3. The standard InChI is InChI=1S/C8H16N2O.ClH/c1-7(11)8(2,10)5-3-4-6-9;/h3,5H,4,6,9-10H2,1-2H3;1H/b5-3-;. The first-order chi connectivity index (χ1) is 5.00. The lowest BCUT2D eigenvalue weighted by Crippen LogP contribution is -2.41. The number of hydrogen-bond donors (Lipinski definition) is 2. The predicted molar refractivity (Wildman–Crippen MR) is 53.3 cm³/mol. The van der Waals surface area contributed by atoms with Crippen LogP contribution in [0.5, 0.6) is 0 Å². The van der Waals surface area contributed by atoms with E-state index < -0.39 is 5.54 Å². The zero-order valence-electron chi connectivity index (χ0n) is 7.54. The molecule has 4 heteroatoms. The van der Waals surface area contributed by atoms with Gasteiger partial charge in [-0.3, -0.25) is 4.79 Å². The third-order valence-corrected chi connectivity index (χ3v) is 1.56. The monoisotopic (exact) mass is 192 g/mol. The van der Waals surface area contributed by atoms with E-state index in [9.17, 15) is 4.79 Å². The minimum atomic E-state index is -0.824. The van der Waals surface area contributed by atoms with Gasteiger partial charge in [-0.25, -0.2) is 0 Å². The summed E-state index contributed by atoms with van der Waals surface area (Å²) in [7, 11) is 0. The molecule has 4 N–H and O–H groups in total. The topological polar surface area (TPSA) is 69.1 Å². The molecule has 0 aliphatic heterocycles. The van der Waals surface area contributed by atoms with E-state index in [-0.39, 0.29) is 18.2 Å². The Morgan fingerprint density at radius 3 is 2.42 bits per heavy atom. The molecule has 1 atom stereocenters. The SMILES string of the molecule is CC(=O)C(C)(N)/C=C\CCN.Cl. The van der Waals surface area contributed by atoms with Crippen LogP contribution in [0.1, 0.15) is 20.3 Å². The summed E-state index contributed by atoms with van der Waals surface area (Å²) in [5.74, 6) is -0.0363. The van der Waals surface area contributed by atoms with E-state index in [1.165, 1.54) is 6.92 Å². The van der Waals surface area contributed by atoms with Crippen molar-refractivity contribution in [2.45, 2.75) is 25.8 Å². The molecule has 12 heavy (non-hydrogen) atoms. The van der Waals surface area contributed by atoms with Crippen molar-refractivity contribution in [1.82, 2.24) is 0 Å². The fourth-order valence-corrected chi connectivity index (χ4v) is 0.542. The van der Waals surface area contributed by atoms with E-state index in [1.807, 2.05) is 6.08 Å². The van der Waals surface area contributed by atoms with Crippen molar-refractivity contribution >= 4 is 18.2 Å². The molecule has 0 saturated carbocycles. The molecule has 0 saturated heterocycles. The summed E-state index contributed by atoms with van der Waals surface area (Å²) in [5.41, 5.74) is 10.1. The van der Waals surface area contributed by atoms with Crippen LogP contribution in [-0.2, 0) is 4.79 Å². The zero-order valence-corrected chi connectivity index (χ0v) is 8.36. The van der Waals surface area contributed by atoms with Crippen LogP contribution in [0.4, 0.5) is 0 Å². The van der Waals surface area contributed by atoms with Crippen molar-refractivity contribution in [2.24, 2.45) is 11.5 Å². The van der Waals surface area contributed by atoms with Crippen LogP contribution in [0.25, 0.3) is 0 Å². The Labute approximate surface area is 79.6 Å². The molecular formula is C8H17ClN2O. The molecule has 72 valence electrons. The van der Waals surface area contributed by atoms with E-state index in [1.54, 1.807) is 13.0 Å². The first-order valence-electron chi connectivity index (χ1n) is 3.68. The van der Waals surface area contributed by atoms with Crippen molar-refractivity contribution in [1.29, 1.82) is 0 Å². The first-order valence-corrected chi connectivity index (χ1v) is 3.68. The Morgan fingerprint density at radius 1 is 1.58 bits per heavy atom. The molecule has 0 aromatic carbocycles. The van der Waals surface area contributed by atoms with Crippen LogP contribution in [0, 0.1) is 0 Å². The van der Waals surface area contributed by atoms with Crippen LogP contribution in [0.3, 0.4) is 0 Å². The highest BCUT2D eigenvalue weighted by molar-refractivity contribution is 5.87. The van der Waals surface area contributed by atoms with E-state index in [0.29, 0.717) is 6.54 Å². The van der Waals surface area contributed by atoms with Gasteiger partial charge in [-0.2, -0.15) is 0 Å². The van der Waals surface area contributed by atoms with Gasteiger partial charge in [0.2, 0.25) is 0 Å². The minimum absolute atomic E-state index is 0. The Hall–Kier alpha value is -0.380. The van der Waals surface area contributed by atoms with Gasteiger partial charge >= 0.3 is 0 Å². The van der Waals surface area contributed by atoms with Gasteiger partial charge < -0.3 is 11.5 Å². The molecule has 0 rings (SSSR count). The summed E-state index contributed by atoms with van der Waals surface area (Å²) in [6.07, 6.45) is 4.30. The first kappa shape index (κ1) is 14.2. The molecule has 0 fully saturated rings. The Kier molecular flexibility index (Phi) is 7.28. The molecule has 0 radical (unpaired) electrons. The second-order valence-electron chi connectivity index (χ2n) is 2.82. The lowest BCUT2D eigenvalue weighted by atomic mass is 9.98. The summed E-state index contributed by atoms with van der Waals surface area (Å²) in [6.45, 7) is 3.75. The van der Waals surface area contributed by atoms with E-state index in [2.05, 4.69) is 0 Å². The Balaban J connectivity index is 0. The van der Waals surface area contributed by atoms with Crippen LogP contribution in [0.2, 0.25) is 0 Å². The minimum Gasteiger partial charge on any atom is -0.330 e. The van der Waals surface area contributed by atoms with Crippen molar-refractivity contribution in [3.63, 3.8) is 0 Å². The average Bonchev–Trinajstić information content (AvgIpc) is 1.88. The van der Waals surface area contributed by atoms with Gasteiger partial charge in [0.05, 0.1) is 5.54 Å². The molecule has 0 aliphatic rings.